The van der Waals surface area contributed by atoms with E-state index >= 15 is 0 Å². The lowest BCUT2D eigenvalue weighted by Crippen LogP contribution is -2.44. The molecule has 0 saturated carbocycles. The first-order valence-electron chi connectivity index (χ1n) is 4.98. The Hall–Kier alpha value is -1.50. The van der Waals surface area contributed by atoms with E-state index in [1.807, 2.05) is 6.92 Å². The van der Waals surface area contributed by atoms with Gasteiger partial charge in [-0.25, -0.2) is 4.79 Å². The standard InChI is InChI=1S/C11H17NO3/c1-4-6-7-9(13)12-10(11(14)15)8(3)5-2/h1,8,10H,5-7H2,2-3H3,(H,12,13)(H,14,15)/t8?,10-/m0/s1. The molecule has 0 aliphatic rings. The van der Waals surface area contributed by atoms with Gasteiger partial charge in [-0.2, -0.15) is 0 Å². The molecule has 1 unspecified atom stereocenters. The highest BCUT2D eigenvalue weighted by molar-refractivity contribution is 5.83. The largest absolute Gasteiger partial charge is 0.480 e. The molecule has 0 bridgehead atoms. The first-order chi connectivity index (χ1) is 7.02. The van der Waals surface area contributed by atoms with Crippen molar-refractivity contribution in [2.45, 2.75) is 39.2 Å². The van der Waals surface area contributed by atoms with Crippen LogP contribution in [0.1, 0.15) is 33.1 Å². The van der Waals surface area contributed by atoms with E-state index in [0.29, 0.717) is 12.8 Å². The lowest BCUT2D eigenvalue weighted by Gasteiger charge is -2.19. The number of hydrogen-bond acceptors (Lipinski definition) is 2. The normalized spacial score (nSPS) is 13.7. The lowest BCUT2D eigenvalue weighted by molar-refractivity contribution is -0.143. The lowest BCUT2D eigenvalue weighted by atomic mass is 9.99. The van der Waals surface area contributed by atoms with Crippen molar-refractivity contribution < 1.29 is 14.7 Å². The second-order valence-corrected chi connectivity index (χ2v) is 3.47. The van der Waals surface area contributed by atoms with Crippen molar-refractivity contribution in [1.82, 2.24) is 5.32 Å². The summed E-state index contributed by atoms with van der Waals surface area (Å²) in [5.41, 5.74) is 0. The van der Waals surface area contributed by atoms with Crippen LogP contribution >= 0.6 is 0 Å². The highest BCUT2D eigenvalue weighted by atomic mass is 16.4. The predicted octanol–water partition coefficient (Wildman–Crippen LogP) is 1.02. The maximum absolute atomic E-state index is 11.3. The van der Waals surface area contributed by atoms with Crippen molar-refractivity contribution in [2.24, 2.45) is 5.92 Å². The van der Waals surface area contributed by atoms with Crippen molar-refractivity contribution in [3.63, 3.8) is 0 Å². The van der Waals surface area contributed by atoms with Gasteiger partial charge in [-0.05, 0) is 5.92 Å². The van der Waals surface area contributed by atoms with Crippen molar-refractivity contribution in [3.8, 4) is 12.3 Å². The summed E-state index contributed by atoms with van der Waals surface area (Å²) < 4.78 is 0. The summed E-state index contributed by atoms with van der Waals surface area (Å²) in [6.45, 7) is 3.68. The molecule has 0 aromatic rings. The van der Waals surface area contributed by atoms with Gasteiger partial charge in [-0.3, -0.25) is 4.79 Å². The van der Waals surface area contributed by atoms with Crippen LogP contribution in [0.2, 0.25) is 0 Å². The third kappa shape index (κ3) is 5.06. The maximum Gasteiger partial charge on any atom is 0.326 e. The Kier molecular flexibility index (Phi) is 6.19. The summed E-state index contributed by atoms with van der Waals surface area (Å²) >= 11 is 0. The molecule has 2 N–H and O–H groups in total. The Balaban J connectivity index is 4.24. The number of hydrogen-bond donors (Lipinski definition) is 2. The number of carbonyl (C=O) groups is 2. The molecule has 0 saturated heterocycles. The van der Waals surface area contributed by atoms with Gasteiger partial charge in [0.1, 0.15) is 6.04 Å². The molecule has 84 valence electrons. The van der Waals surface area contributed by atoms with E-state index in [1.165, 1.54) is 0 Å². The molecule has 0 aromatic heterocycles. The average Bonchev–Trinajstić information content (AvgIpc) is 2.21. The Bertz CT molecular complexity index is 267. The van der Waals surface area contributed by atoms with Crippen LogP contribution in [0.5, 0.6) is 0 Å². The van der Waals surface area contributed by atoms with Crippen LogP contribution in [0.3, 0.4) is 0 Å². The van der Waals surface area contributed by atoms with Gasteiger partial charge < -0.3 is 10.4 Å². The maximum atomic E-state index is 11.3. The minimum atomic E-state index is -1.00. The van der Waals surface area contributed by atoms with E-state index in [2.05, 4.69) is 11.2 Å². The number of nitrogens with one attached hydrogen (secondary N) is 1. The molecule has 1 amide bonds. The van der Waals surface area contributed by atoms with Gasteiger partial charge in [0.2, 0.25) is 5.91 Å². The van der Waals surface area contributed by atoms with Gasteiger partial charge in [0, 0.05) is 12.8 Å². The number of amides is 1. The van der Waals surface area contributed by atoms with E-state index in [-0.39, 0.29) is 18.2 Å². The van der Waals surface area contributed by atoms with Crippen LogP contribution in [-0.4, -0.2) is 23.0 Å². The molecular formula is C11H17NO3. The summed E-state index contributed by atoms with van der Waals surface area (Å²) in [7, 11) is 0. The summed E-state index contributed by atoms with van der Waals surface area (Å²) in [6, 6.07) is -0.819. The highest BCUT2D eigenvalue weighted by Gasteiger charge is 2.24. The molecule has 4 heteroatoms. The first-order valence-corrected chi connectivity index (χ1v) is 4.98. The van der Waals surface area contributed by atoms with Crippen LogP contribution in [0.4, 0.5) is 0 Å². The Morgan fingerprint density at radius 3 is 2.53 bits per heavy atom. The summed E-state index contributed by atoms with van der Waals surface area (Å²) in [5.74, 6) is 0.944. The third-order valence-electron chi connectivity index (χ3n) is 2.29. The average molecular weight is 211 g/mol. The highest BCUT2D eigenvalue weighted by Crippen LogP contribution is 2.08. The van der Waals surface area contributed by atoms with E-state index in [4.69, 9.17) is 11.5 Å². The van der Waals surface area contributed by atoms with Crippen LogP contribution < -0.4 is 5.32 Å². The van der Waals surface area contributed by atoms with E-state index < -0.39 is 12.0 Å². The van der Waals surface area contributed by atoms with E-state index in [0.717, 1.165) is 0 Å². The number of terminal acetylenes is 1. The monoisotopic (exact) mass is 211 g/mol. The van der Waals surface area contributed by atoms with Crippen LogP contribution in [0.15, 0.2) is 0 Å². The van der Waals surface area contributed by atoms with Gasteiger partial charge >= 0.3 is 5.97 Å². The molecule has 0 rings (SSSR count). The number of aliphatic carboxylic acids is 1. The molecule has 15 heavy (non-hydrogen) atoms. The fourth-order valence-electron chi connectivity index (χ4n) is 1.11. The quantitative estimate of drug-likeness (QED) is 0.644. The zero-order chi connectivity index (χ0) is 11.8. The van der Waals surface area contributed by atoms with Crippen LogP contribution in [-0.2, 0) is 9.59 Å². The van der Waals surface area contributed by atoms with Crippen molar-refractivity contribution in [1.29, 1.82) is 0 Å². The molecule has 0 radical (unpaired) electrons. The predicted molar refractivity (Wildman–Crippen MR) is 57.1 cm³/mol. The molecule has 0 heterocycles. The minimum absolute atomic E-state index is 0.0858. The van der Waals surface area contributed by atoms with Gasteiger partial charge in [0.15, 0.2) is 0 Å². The SMILES string of the molecule is C#CCCC(=O)N[C@H](C(=O)O)C(C)CC. The Morgan fingerprint density at radius 1 is 1.53 bits per heavy atom. The molecule has 4 nitrogen and oxygen atoms in total. The second-order valence-electron chi connectivity index (χ2n) is 3.47. The number of carboxylic acids is 1. The molecule has 0 aliphatic heterocycles. The zero-order valence-corrected chi connectivity index (χ0v) is 9.12. The smallest absolute Gasteiger partial charge is 0.326 e. The molecule has 2 atom stereocenters. The van der Waals surface area contributed by atoms with E-state index in [1.54, 1.807) is 6.92 Å². The summed E-state index contributed by atoms with van der Waals surface area (Å²) in [5, 5.41) is 11.4. The fraction of sp³-hybridized carbons (Fsp3) is 0.636. The first kappa shape index (κ1) is 13.5. The topological polar surface area (TPSA) is 66.4 Å². The van der Waals surface area contributed by atoms with Crippen LogP contribution in [0.25, 0.3) is 0 Å². The number of carbonyl (C=O) groups excluding carboxylic acids is 1. The fourth-order valence-corrected chi connectivity index (χ4v) is 1.11. The Morgan fingerprint density at radius 2 is 2.13 bits per heavy atom. The second kappa shape index (κ2) is 6.88. The molecule has 0 spiro atoms. The third-order valence-corrected chi connectivity index (χ3v) is 2.29. The van der Waals surface area contributed by atoms with Crippen molar-refractivity contribution in [2.75, 3.05) is 0 Å². The molecule has 0 aliphatic carbocycles. The molecule has 0 fully saturated rings. The van der Waals surface area contributed by atoms with Crippen molar-refractivity contribution in [3.05, 3.63) is 0 Å². The minimum Gasteiger partial charge on any atom is -0.480 e. The van der Waals surface area contributed by atoms with Gasteiger partial charge in [-0.1, -0.05) is 20.3 Å². The van der Waals surface area contributed by atoms with Gasteiger partial charge in [0.05, 0.1) is 0 Å². The molecule has 0 aromatic carbocycles. The van der Waals surface area contributed by atoms with Gasteiger partial charge in [0.25, 0.3) is 0 Å². The van der Waals surface area contributed by atoms with Gasteiger partial charge in [-0.15, -0.1) is 12.3 Å². The Labute approximate surface area is 90.1 Å². The van der Waals surface area contributed by atoms with Crippen LogP contribution in [0, 0.1) is 18.3 Å². The zero-order valence-electron chi connectivity index (χ0n) is 9.12. The molecular weight excluding hydrogens is 194 g/mol. The summed E-state index contributed by atoms with van der Waals surface area (Å²) in [6.07, 6.45) is 6.22. The number of carboxylic acid groups (broad SMARTS) is 1. The van der Waals surface area contributed by atoms with Crippen molar-refractivity contribution >= 4 is 11.9 Å². The van der Waals surface area contributed by atoms with E-state index in [9.17, 15) is 9.59 Å². The number of rotatable bonds is 6. The summed E-state index contributed by atoms with van der Waals surface area (Å²) in [4.78, 5) is 22.1.